The lowest BCUT2D eigenvalue weighted by atomic mass is 10.2. The Morgan fingerprint density at radius 1 is 1.38 bits per heavy atom. The summed E-state index contributed by atoms with van der Waals surface area (Å²) in [7, 11) is -3.06. The SMILES string of the molecule is CCS(=O)(=O)Cc1csc2ccc(F)cc12. The van der Waals surface area contributed by atoms with Crippen LogP contribution in [0.3, 0.4) is 0 Å². The smallest absolute Gasteiger partial charge is 0.154 e. The number of sulfone groups is 1. The van der Waals surface area contributed by atoms with Crippen LogP contribution in [0.1, 0.15) is 12.5 Å². The molecule has 0 spiro atoms. The molecule has 0 saturated heterocycles. The fourth-order valence-electron chi connectivity index (χ4n) is 1.50. The van der Waals surface area contributed by atoms with Gasteiger partial charge in [0.1, 0.15) is 5.82 Å². The normalized spacial score (nSPS) is 12.1. The number of benzene rings is 1. The second-order valence-corrected chi connectivity index (χ2v) is 6.84. The summed E-state index contributed by atoms with van der Waals surface area (Å²) in [6.45, 7) is 1.62. The minimum Gasteiger partial charge on any atom is -0.229 e. The van der Waals surface area contributed by atoms with Crippen LogP contribution in [0.4, 0.5) is 4.39 Å². The minimum atomic E-state index is -3.06. The number of hydrogen-bond acceptors (Lipinski definition) is 3. The van der Waals surface area contributed by atoms with E-state index in [0.717, 1.165) is 4.70 Å². The molecule has 0 unspecified atom stereocenters. The molecule has 5 heteroatoms. The molecule has 86 valence electrons. The van der Waals surface area contributed by atoms with Gasteiger partial charge in [0.05, 0.1) is 5.75 Å². The molecule has 0 atom stereocenters. The highest BCUT2D eigenvalue weighted by Crippen LogP contribution is 2.28. The maximum absolute atomic E-state index is 13.1. The summed E-state index contributed by atoms with van der Waals surface area (Å²) < 4.78 is 37.0. The summed E-state index contributed by atoms with van der Waals surface area (Å²) in [5.41, 5.74) is 0.696. The van der Waals surface area contributed by atoms with Gasteiger partial charge in [-0.25, -0.2) is 12.8 Å². The van der Waals surface area contributed by atoms with Gasteiger partial charge >= 0.3 is 0 Å². The van der Waals surface area contributed by atoms with E-state index in [1.54, 1.807) is 18.4 Å². The Labute approximate surface area is 97.6 Å². The minimum absolute atomic E-state index is 0.00699. The topological polar surface area (TPSA) is 34.1 Å². The quantitative estimate of drug-likeness (QED) is 0.848. The fraction of sp³-hybridized carbons (Fsp3) is 0.273. The third-order valence-corrected chi connectivity index (χ3v) is 5.07. The highest BCUT2D eigenvalue weighted by molar-refractivity contribution is 7.90. The molecular weight excluding hydrogens is 247 g/mol. The fourth-order valence-corrected chi connectivity index (χ4v) is 3.47. The van der Waals surface area contributed by atoms with E-state index in [0.29, 0.717) is 10.9 Å². The second kappa shape index (κ2) is 4.14. The zero-order valence-electron chi connectivity index (χ0n) is 8.73. The van der Waals surface area contributed by atoms with Crippen molar-refractivity contribution < 1.29 is 12.8 Å². The Bertz CT molecular complexity index is 614. The molecule has 1 aromatic heterocycles. The number of hydrogen-bond donors (Lipinski definition) is 0. The van der Waals surface area contributed by atoms with Crippen molar-refractivity contribution in [1.82, 2.24) is 0 Å². The van der Waals surface area contributed by atoms with Crippen molar-refractivity contribution in [2.45, 2.75) is 12.7 Å². The molecule has 16 heavy (non-hydrogen) atoms. The van der Waals surface area contributed by atoms with Gasteiger partial charge in [0.25, 0.3) is 0 Å². The molecule has 1 aromatic carbocycles. The molecule has 1 heterocycles. The molecular formula is C11H11FO2S2. The zero-order valence-corrected chi connectivity index (χ0v) is 10.4. The summed E-state index contributed by atoms with van der Waals surface area (Å²) in [6.07, 6.45) is 0. The first-order valence-corrected chi connectivity index (χ1v) is 7.58. The van der Waals surface area contributed by atoms with Crippen molar-refractivity contribution in [1.29, 1.82) is 0 Å². The molecule has 0 N–H and O–H groups in total. The van der Waals surface area contributed by atoms with Crippen molar-refractivity contribution >= 4 is 31.3 Å². The predicted molar refractivity (Wildman–Crippen MR) is 64.9 cm³/mol. The molecule has 0 aliphatic heterocycles. The van der Waals surface area contributed by atoms with E-state index >= 15 is 0 Å². The van der Waals surface area contributed by atoms with Crippen LogP contribution < -0.4 is 0 Å². The third-order valence-electron chi connectivity index (χ3n) is 2.43. The highest BCUT2D eigenvalue weighted by Gasteiger charge is 2.13. The molecule has 2 aromatic rings. The predicted octanol–water partition coefficient (Wildman–Crippen LogP) is 2.98. The van der Waals surface area contributed by atoms with Crippen molar-refractivity contribution in [3.05, 3.63) is 35.0 Å². The van der Waals surface area contributed by atoms with Gasteiger partial charge < -0.3 is 0 Å². The summed E-state index contributed by atoms with van der Waals surface area (Å²) in [4.78, 5) is 0. The average molecular weight is 258 g/mol. The molecule has 0 aliphatic rings. The van der Waals surface area contributed by atoms with Crippen LogP contribution in [0, 0.1) is 5.82 Å². The Hall–Kier alpha value is -0.940. The summed E-state index contributed by atoms with van der Waals surface area (Å²) in [5, 5.41) is 2.50. The maximum Gasteiger partial charge on any atom is 0.154 e. The second-order valence-electron chi connectivity index (χ2n) is 3.58. The molecule has 0 saturated carbocycles. The number of halogens is 1. The lowest BCUT2D eigenvalue weighted by Crippen LogP contribution is -2.05. The van der Waals surface area contributed by atoms with Crippen LogP contribution in [0.5, 0.6) is 0 Å². The molecule has 0 bridgehead atoms. The zero-order chi connectivity index (χ0) is 11.8. The monoisotopic (exact) mass is 258 g/mol. The van der Waals surface area contributed by atoms with E-state index < -0.39 is 9.84 Å². The highest BCUT2D eigenvalue weighted by atomic mass is 32.2. The van der Waals surface area contributed by atoms with Gasteiger partial charge in [-0.15, -0.1) is 11.3 Å². The van der Waals surface area contributed by atoms with E-state index in [-0.39, 0.29) is 17.3 Å². The van der Waals surface area contributed by atoms with Crippen molar-refractivity contribution in [2.24, 2.45) is 0 Å². The van der Waals surface area contributed by atoms with Crippen LogP contribution in [0.25, 0.3) is 10.1 Å². The molecule has 2 rings (SSSR count). The molecule has 0 amide bonds. The lowest BCUT2D eigenvalue weighted by molar-refractivity contribution is 0.596. The van der Waals surface area contributed by atoms with Crippen LogP contribution in [0.2, 0.25) is 0 Å². The number of rotatable bonds is 3. The van der Waals surface area contributed by atoms with E-state index in [1.165, 1.54) is 23.5 Å². The van der Waals surface area contributed by atoms with E-state index in [1.807, 2.05) is 0 Å². The summed E-state index contributed by atoms with van der Waals surface area (Å²) in [5.74, 6) is -0.229. The molecule has 2 nitrogen and oxygen atoms in total. The van der Waals surface area contributed by atoms with Crippen molar-refractivity contribution in [3.8, 4) is 0 Å². The van der Waals surface area contributed by atoms with Gasteiger partial charge in [-0.05, 0) is 34.5 Å². The van der Waals surface area contributed by atoms with Crippen molar-refractivity contribution in [2.75, 3.05) is 5.75 Å². The van der Waals surface area contributed by atoms with E-state index in [9.17, 15) is 12.8 Å². The molecule has 0 radical (unpaired) electrons. The Morgan fingerprint density at radius 3 is 2.81 bits per heavy atom. The van der Waals surface area contributed by atoms with Crippen LogP contribution in [-0.4, -0.2) is 14.2 Å². The Kier molecular flexibility index (Phi) is 2.99. The molecule has 0 aliphatic carbocycles. The van der Waals surface area contributed by atoms with Crippen LogP contribution >= 0.6 is 11.3 Å². The van der Waals surface area contributed by atoms with Gasteiger partial charge in [0.2, 0.25) is 0 Å². The van der Waals surface area contributed by atoms with Crippen LogP contribution in [0.15, 0.2) is 23.6 Å². The van der Waals surface area contributed by atoms with E-state index in [4.69, 9.17) is 0 Å². The standard InChI is InChI=1S/C11H11FO2S2/c1-2-16(13,14)7-8-6-15-11-4-3-9(12)5-10(8)11/h3-6H,2,7H2,1H3. The Morgan fingerprint density at radius 2 is 2.12 bits per heavy atom. The lowest BCUT2D eigenvalue weighted by Gasteiger charge is -2.00. The Balaban J connectivity index is 2.50. The first-order valence-electron chi connectivity index (χ1n) is 4.88. The summed E-state index contributed by atoms with van der Waals surface area (Å²) in [6, 6.07) is 4.46. The number of fused-ring (bicyclic) bond motifs is 1. The van der Waals surface area contributed by atoms with Crippen LogP contribution in [-0.2, 0) is 15.6 Å². The maximum atomic E-state index is 13.1. The first kappa shape index (κ1) is 11.5. The van der Waals surface area contributed by atoms with Crippen molar-refractivity contribution in [3.63, 3.8) is 0 Å². The van der Waals surface area contributed by atoms with Gasteiger partial charge in [0.15, 0.2) is 9.84 Å². The van der Waals surface area contributed by atoms with Gasteiger partial charge in [0, 0.05) is 10.5 Å². The van der Waals surface area contributed by atoms with E-state index in [2.05, 4.69) is 0 Å². The average Bonchev–Trinajstić information content (AvgIpc) is 2.61. The van der Waals surface area contributed by atoms with Gasteiger partial charge in [-0.3, -0.25) is 0 Å². The van der Waals surface area contributed by atoms with Gasteiger partial charge in [-0.2, -0.15) is 0 Å². The first-order chi connectivity index (χ1) is 7.52. The summed E-state index contributed by atoms with van der Waals surface area (Å²) >= 11 is 1.44. The largest absolute Gasteiger partial charge is 0.229 e. The van der Waals surface area contributed by atoms with Gasteiger partial charge in [-0.1, -0.05) is 6.92 Å². The third kappa shape index (κ3) is 2.25. The molecule has 0 fully saturated rings. The number of thiophene rings is 1.